The molecule has 0 aliphatic heterocycles. The largest absolute Gasteiger partial charge is 0.387 e. The van der Waals surface area contributed by atoms with E-state index in [1.165, 1.54) is 49.7 Å². The maximum Gasteiger partial charge on any atom is 0.263 e. The van der Waals surface area contributed by atoms with Crippen molar-refractivity contribution in [2.75, 3.05) is 0 Å². The van der Waals surface area contributed by atoms with E-state index in [0.717, 1.165) is 36.7 Å². The number of rotatable bonds is 7. The molecule has 5 atom stereocenters. The number of fused-ring (bicyclic) bond motifs is 3. The Bertz CT molecular complexity index is 852. The van der Waals surface area contributed by atoms with Gasteiger partial charge in [-0.25, -0.2) is 0 Å². The summed E-state index contributed by atoms with van der Waals surface area (Å²) < 4.78 is 0. The Kier molecular flexibility index (Phi) is 6.46. The number of benzene rings is 1. The molecule has 3 aliphatic rings. The van der Waals surface area contributed by atoms with Gasteiger partial charge in [-0.3, -0.25) is 4.79 Å². The van der Waals surface area contributed by atoms with E-state index in [1.807, 2.05) is 0 Å². The first kappa shape index (κ1) is 21.0. The van der Waals surface area contributed by atoms with Gasteiger partial charge < -0.3 is 10.6 Å². The Labute approximate surface area is 181 Å². The van der Waals surface area contributed by atoms with Crippen molar-refractivity contribution in [1.82, 2.24) is 10.6 Å². The minimum Gasteiger partial charge on any atom is -0.387 e. The Hall–Kier alpha value is -2.28. The fraction of sp³-hybridized carbons (Fsp3) is 0.615. The zero-order chi connectivity index (χ0) is 21.1. The topological polar surface area (TPSA) is 64.9 Å². The number of carbonyl (C=O) groups excluding carboxylic acids is 1. The number of hydrogen-bond donors (Lipinski definition) is 2. The molecule has 30 heavy (non-hydrogen) atoms. The molecule has 0 radical (unpaired) electrons. The highest BCUT2D eigenvalue weighted by atomic mass is 16.1. The van der Waals surface area contributed by atoms with Crippen molar-refractivity contribution in [2.24, 2.45) is 17.8 Å². The zero-order valence-corrected chi connectivity index (χ0v) is 18.4. The van der Waals surface area contributed by atoms with Gasteiger partial charge in [0.25, 0.3) is 5.91 Å². The van der Waals surface area contributed by atoms with Gasteiger partial charge in [-0.1, -0.05) is 31.5 Å². The van der Waals surface area contributed by atoms with E-state index in [2.05, 4.69) is 48.7 Å². The van der Waals surface area contributed by atoms with Gasteiger partial charge in [0.15, 0.2) is 0 Å². The maximum atomic E-state index is 12.8. The molecule has 2 bridgehead atoms. The minimum absolute atomic E-state index is 0.0653. The van der Waals surface area contributed by atoms with Crippen LogP contribution in [0.5, 0.6) is 0 Å². The van der Waals surface area contributed by atoms with Crippen molar-refractivity contribution in [3.05, 3.63) is 46.7 Å². The molecule has 4 heteroatoms. The van der Waals surface area contributed by atoms with E-state index in [-0.39, 0.29) is 17.5 Å². The summed E-state index contributed by atoms with van der Waals surface area (Å²) in [5.41, 5.74) is 4.18. The number of nitriles is 1. The molecular weight excluding hydrogens is 370 g/mol. The summed E-state index contributed by atoms with van der Waals surface area (Å²) in [5, 5.41) is 16.0. The van der Waals surface area contributed by atoms with E-state index in [4.69, 9.17) is 0 Å². The summed E-state index contributed by atoms with van der Waals surface area (Å²) in [6.45, 7) is 4.27. The van der Waals surface area contributed by atoms with Crippen LogP contribution in [0.4, 0.5) is 0 Å². The van der Waals surface area contributed by atoms with Crippen molar-refractivity contribution in [3.8, 4) is 6.07 Å². The molecule has 5 unspecified atom stereocenters. The van der Waals surface area contributed by atoms with Gasteiger partial charge in [0, 0.05) is 12.2 Å². The lowest BCUT2D eigenvalue weighted by molar-refractivity contribution is -0.117. The van der Waals surface area contributed by atoms with E-state index in [0.29, 0.717) is 12.0 Å². The Morgan fingerprint density at radius 3 is 2.70 bits per heavy atom. The van der Waals surface area contributed by atoms with Gasteiger partial charge in [0.1, 0.15) is 11.6 Å². The lowest BCUT2D eigenvalue weighted by Crippen LogP contribution is -2.35. The summed E-state index contributed by atoms with van der Waals surface area (Å²) in [7, 11) is 0. The molecule has 3 aliphatic carbocycles. The van der Waals surface area contributed by atoms with E-state index < -0.39 is 0 Å². The molecule has 0 heterocycles. The smallest absolute Gasteiger partial charge is 0.263 e. The lowest BCUT2D eigenvalue weighted by atomic mass is 9.84. The zero-order valence-electron chi connectivity index (χ0n) is 18.4. The van der Waals surface area contributed by atoms with Crippen molar-refractivity contribution in [3.63, 3.8) is 0 Å². The monoisotopic (exact) mass is 405 g/mol. The van der Waals surface area contributed by atoms with Crippen LogP contribution in [0, 0.1) is 29.1 Å². The highest BCUT2D eigenvalue weighted by Gasteiger charge is 2.41. The summed E-state index contributed by atoms with van der Waals surface area (Å²) in [6.07, 6.45) is 12.6. The first-order valence-electron chi connectivity index (χ1n) is 11.9. The number of nitrogens with one attached hydrogen (secondary N) is 2. The molecule has 1 amide bonds. The van der Waals surface area contributed by atoms with Crippen LogP contribution in [0.15, 0.2) is 30.0 Å². The molecule has 4 nitrogen and oxygen atoms in total. The molecule has 1 aromatic carbocycles. The van der Waals surface area contributed by atoms with Crippen LogP contribution in [-0.2, 0) is 17.6 Å². The lowest BCUT2D eigenvalue weighted by Gasteiger charge is -2.28. The molecule has 2 N–H and O–H groups in total. The highest BCUT2D eigenvalue weighted by molar-refractivity contribution is 5.97. The van der Waals surface area contributed by atoms with E-state index in [9.17, 15) is 10.1 Å². The standard InChI is InChI=1S/C26H35N3O/c1-3-25(22-11-10-19-6-4-5-7-20(19)14-22)29-26(30)23(15-27)16-28-17(2)24-13-18-8-9-21(24)12-18/h10-11,14,16-18,21,24-25,28H,3-9,12-13H2,1-2H3,(H,29,30)/b23-16-. The van der Waals surface area contributed by atoms with Gasteiger partial charge in [-0.2, -0.15) is 5.26 Å². The normalized spacial score (nSPS) is 27.1. The fourth-order valence-corrected chi connectivity index (χ4v) is 6.02. The Morgan fingerprint density at radius 2 is 2.03 bits per heavy atom. The van der Waals surface area contributed by atoms with Crippen LogP contribution >= 0.6 is 0 Å². The predicted octanol–water partition coefficient (Wildman–Crippen LogP) is 4.95. The van der Waals surface area contributed by atoms with E-state index in [1.54, 1.807) is 6.20 Å². The van der Waals surface area contributed by atoms with E-state index >= 15 is 0 Å². The number of aryl methyl sites for hydroxylation is 2. The Morgan fingerprint density at radius 1 is 1.23 bits per heavy atom. The van der Waals surface area contributed by atoms with Crippen molar-refractivity contribution in [2.45, 2.75) is 83.7 Å². The minimum atomic E-state index is -0.283. The van der Waals surface area contributed by atoms with Gasteiger partial charge in [-0.15, -0.1) is 0 Å². The average molecular weight is 406 g/mol. The summed E-state index contributed by atoms with van der Waals surface area (Å²) >= 11 is 0. The quantitative estimate of drug-likeness (QED) is 0.498. The molecular formula is C26H35N3O. The maximum absolute atomic E-state index is 12.8. The van der Waals surface area contributed by atoms with Gasteiger partial charge in [0.05, 0.1) is 6.04 Å². The predicted molar refractivity (Wildman–Crippen MR) is 119 cm³/mol. The second kappa shape index (κ2) is 9.25. The summed E-state index contributed by atoms with van der Waals surface area (Å²) in [4.78, 5) is 12.8. The molecule has 0 aromatic heterocycles. The molecule has 0 saturated heterocycles. The van der Waals surface area contributed by atoms with Crippen molar-refractivity contribution < 1.29 is 4.79 Å². The van der Waals surface area contributed by atoms with Gasteiger partial charge in [-0.05, 0) is 92.7 Å². The van der Waals surface area contributed by atoms with Crippen LogP contribution in [0.1, 0.15) is 81.5 Å². The molecule has 4 rings (SSSR count). The summed E-state index contributed by atoms with van der Waals surface area (Å²) in [5.74, 6) is 2.10. The van der Waals surface area contributed by atoms with Crippen LogP contribution in [0.3, 0.4) is 0 Å². The molecule has 1 aromatic rings. The number of carbonyl (C=O) groups is 1. The third-order valence-corrected chi connectivity index (χ3v) is 7.78. The van der Waals surface area contributed by atoms with Crippen molar-refractivity contribution in [1.29, 1.82) is 5.26 Å². The van der Waals surface area contributed by atoms with Gasteiger partial charge >= 0.3 is 0 Å². The Balaban J connectivity index is 1.39. The number of amides is 1. The number of hydrogen-bond acceptors (Lipinski definition) is 3. The second-order valence-electron chi connectivity index (χ2n) is 9.63. The fourth-order valence-electron chi connectivity index (χ4n) is 6.02. The first-order chi connectivity index (χ1) is 14.6. The SMILES string of the molecule is CCC(NC(=O)/C(C#N)=C\NC(C)C1CC2CCC1C2)c1ccc2c(c1)CCCC2. The first-order valence-corrected chi connectivity index (χ1v) is 11.9. The second-order valence-corrected chi connectivity index (χ2v) is 9.63. The van der Waals surface area contributed by atoms with Crippen LogP contribution in [-0.4, -0.2) is 11.9 Å². The average Bonchev–Trinajstić information content (AvgIpc) is 3.41. The molecule has 2 fully saturated rings. The third kappa shape index (κ3) is 4.41. The highest BCUT2D eigenvalue weighted by Crippen LogP contribution is 2.49. The van der Waals surface area contributed by atoms with Crippen LogP contribution in [0.25, 0.3) is 0 Å². The number of nitrogens with zero attached hydrogens (tertiary/aromatic N) is 1. The van der Waals surface area contributed by atoms with Crippen LogP contribution in [0.2, 0.25) is 0 Å². The van der Waals surface area contributed by atoms with Crippen molar-refractivity contribution >= 4 is 5.91 Å². The summed E-state index contributed by atoms with van der Waals surface area (Å²) in [6, 6.07) is 8.96. The molecule has 160 valence electrons. The third-order valence-electron chi connectivity index (χ3n) is 7.78. The molecule has 2 saturated carbocycles. The van der Waals surface area contributed by atoms with Crippen LogP contribution < -0.4 is 10.6 Å². The molecule has 0 spiro atoms. The van der Waals surface area contributed by atoms with Gasteiger partial charge in [0.2, 0.25) is 0 Å².